The number of unbranched alkanes of at least 4 members (excludes halogenated alkanes) is 2. The van der Waals surface area contributed by atoms with Crippen LogP contribution in [0.4, 0.5) is 0 Å². The Labute approximate surface area is 132 Å². The quantitative estimate of drug-likeness (QED) is 0.599. The summed E-state index contributed by atoms with van der Waals surface area (Å²) in [6.45, 7) is 15.5. The summed E-state index contributed by atoms with van der Waals surface area (Å²) in [5.74, 6) is 0.927. The molecule has 1 aromatic rings. The summed E-state index contributed by atoms with van der Waals surface area (Å²) in [5, 5.41) is 9.54. The van der Waals surface area contributed by atoms with Crippen LogP contribution in [0, 0.1) is 5.41 Å². The van der Waals surface area contributed by atoms with Gasteiger partial charge in [-0.3, -0.25) is 0 Å². The smallest absolute Gasteiger partial charge is 0.119 e. The molecule has 0 aliphatic rings. The summed E-state index contributed by atoms with van der Waals surface area (Å²) in [7, 11) is 0. The van der Waals surface area contributed by atoms with Crippen LogP contribution < -0.4 is 0 Å². The Bertz CT molecular complexity index is 385. The molecule has 0 saturated carbocycles. The van der Waals surface area contributed by atoms with E-state index in [9.17, 15) is 5.11 Å². The molecule has 1 aromatic carbocycles. The van der Waals surface area contributed by atoms with Gasteiger partial charge in [-0.05, 0) is 41.4 Å². The van der Waals surface area contributed by atoms with E-state index in [4.69, 9.17) is 0 Å². The summed E-state index contributed by atoms with van der Waals surface area (Å²) < 4.78 is 0. The van der Waals surface area contributed by atoms with E-state index in [1.807, 2.05) is 6.07 Å². The minimum absolute atomic E-state index is 0.434. The van der Waals surface area contributed by atoms with Crippen LogP contribution in [0.5, 0.6) is 5.75 Å². The number of phenols is 1. The van der Waals surface area contributed by atoms with Crippen molar-refractivity contribution in [3.63, 3.8) is 0 Å². The summed E-state index contributed by atoms with van der Waals surface area (Å²) in [6.07, 6.45) is 6.42. The fraction of sp³-hybridized carbons (Fsp3) is 0.700. The number of rotatable bonds is 5. The molecule has 0 saturated heterocycles. The van der Waals surface area contributed by atoms with Gasteiger partial charge in [-0.15, -0.1) is 0 Å². The lowest BCUT2D eigenvalue weighted by molar-refractivity contribution is 0.359. The zero-order valence-electron chi connectivity index (χ0n) is 15.3. The average Bonchev–Trinajstić information content (AvgIpc) is 2.38. The van der Waals surface area contributed by atoms with Gasteiger partial charge in [0.15, 0.2) is 0 Å². The highest BCUT2D eigenvalue weighted by Crippen LogP contribution is 2.27. The summed E-state index contributed by atoms with van der Waals surface area (Å²) in [4.78, 5) is 0. The van der Waals surface area contributed by atoms with Gasteiger partial charge < -0.3 is 5.11 Å². The Morgan fingerprint density at radius 1 is 1.05 bits per heavy atom. The van der Waals surface area contributed by atoms with Crippen molar-refractivity contribution >= 4 is 0 Å². The lowest BCUT2D eigenvalue weighted by Gasteiger charge is -2.16. The van der Waals surface area contributed by atoms with Crippen molar-refractivity contribution in [1.82, 2.24) is 0 Å². The van der Waals surface area contributed by atoms with Crippen molar-refractivity contribution in [2.45, 2.75) is 86.5 Å². The normalized spacial score (nSPS) is 11.2. The van der Waals surface area contributed by atoms with Crippen LogP contribution in [0.25, 0.3) is 0 Å². The van der Waals surface area contributed by atoms with Crippen LogP contribution in [0.3, 0.4) is 0 Å². The third-order valence-electron chi connectivity index (χ3n) is 3.69. The molecule has 0 unspecified atom stereocenters. The number of hydrogen-bond acceptors (Lipinski definition) is 1. The van der Waals surface area contributed by atoms with Gasteiger partial charge in [0, 0.05) is 0 Å². The molecule has 21 heavy (non-hydrogen) atoms. The Hall–Kier alpha value is -0.980. The topological polar surface area (TPSA) is 20.2 Å². The van der Waals surface area contributed by atoms with Crippen molar-refractivity contribution in [3.8, 4) is 5.75 Å². The second-order valence-electron chi connectivity index (χ2n) is 7.37. The van der Waals surface area contributed by atoms with Crippen molar-refractivity contribution in [2.75, 3.05) is 0 Å². The molecule has 0 radical (unpaired) electrons. The number of benzene rings is 1. The van der Waals surface area contributed by atoms with E-state index in [1.165, 1.54) is 31.2 Å². The number of aromatic hydroxyl groups is 1. The zero-order chi connectivity index (χ0) is 16.5. The predicted octanol–water partition coefficient (Wildman–Crippen LogP) is 6.69. The van der Waals surface area contributed by atoms with Crippen LogP contribution in [0.2, 0.25) is 0 Å². The summed E-state index contributed by atoms with van der Waals surface area (Å²) in [6, 6.07) is 5.75. The second kappa shape index (κ2) is 9.87. The van der Waals surface area contributed by atoms with Gasteiger partial charge in [0.25, 0.3) is 0 Å². The highest BCUT2D eigenvalue weighted by molar-refractivity contribution is 5.40. The molecule has 122 valence electrons. The SMILES string of the molecule is CCCCCC(C)(C)C.CCc1c(O)cccc1C(C)C. The predicted molar refractivity (Wildman–Crippen MR) is 95.2 cm³/mol. The minimum atomic E-state index is 0.434. The van der Waals surface area contributed by atoms with Crippen molar-refractivity contribution in [2.24, 2.45) is 5.41 Å². The van der Waals surface area contributed by atoms with Gasteiger partial charge >= 0.3 is 0 Å². The van der Waals surface area contributed by atoms with Gasteiger partial charge in [-0.2, -0.15) is 0 Å². The molecule has 0 aliphatic carbocycles. The molecule has 0 atom stereocenters. The summed E-state index contributed by atoms with van der Waals surface area (Å²) >= 11 is 0. The lowest BCUT2D eigenvalue weighted by atomic mass is 9.90. The Balaban J connectivity index is 0.000000400. The Morgan fingerprint density at radius 2 is 1.67 bits per heavy atom. The van der Waals surface area contributed by atoms with Crippen LogP contribution in [0.1, 0.15) is 91.2 Å². The highest BCUT2D eigenvalue weighted by atomic mass is 16.3. The molecule has 0 amide bonds. The fourth-order valence-corrected chi connectivity index (χ4v) is 2.42. The van der Waals surface area contributed by atoms with Crippen molar-refractivity contribution in [3.05, 3.63) is 29.3 Å². The lowest BCUT2D eigenvalue weighted by Crippen LogP contribution is -2.03. The van der Waals surface area contributed by atoms with E-state index in [1.54, 1.807) is 6.07 Å². The zero-order valence-corrected chi connectivity index (χ0v) is 15.3. The number of hydrogen-bond donors (Lipinski definition) is 1. The van der Waals surface area contributed by atoms with Crippen LogP contribution >= 0.6 is 0 Å². The van der Waals surface area contributed by atoms with E-state index < -0.39 is 0 Å². The molecule has 0 fully saturated rings. The molecule has 1 N–H and O–H groups in total. The van der Waals surface area contributed by atoms with Gasteiger partial charge in [0.1, 0.15) is 5.75 Å². The number of phenolic OH excluding ortho intramolecular Hbond substituents is 1. The third-order valence-corrected chi connectivity index (χ3v) is 3.69. The second-order valence-corrected chi connectivity index (χ2v) is 7.37. The van der Waals surface area contributed by atoms with Crippen molar-refractivity contribution in [1.29, 1.82) is 0 Å². The minimum Gasteiger partial charge on any atom is -0.508 e. The average molecular weight is 293 g/mol. The Morgan fingerprint density at radius 3 is 2.05 bits per heavy atom. The molecule has 0 aliphatic heterocycles. The molecule has 1 nitrogen and oxygen atoms in total. The van der Waals surface area contributed by atoms with E-state index in [2.05, 4.69) is 54.5 Å². The van der Waals surface area contributed by atoms with E-state index in [0.29, 0.717) is 17.1 Å². The largest absolute Gasteiger partial charge is 0.508 e. The van der Waals surface area contributed by atoms with Gasteiger partial charge in [-0.1, -0.05) is 79.9 Å². The molecule has 0 bridgehead atoms. The molecule has 0 spiro atoms. The first kappa shape index (κ1) is 20.0. The molecule has 0 heterocycles. The van der Waals surface area contributed by atoms with E-state index in [-0.39, 0.29) is 0 Å². The molecule has 0 aromatic heterocycles. The van der Waals surface area contributed by atoms with E-state index >= 15 is 0 Å². The molecular weight excluding hydrogens is 256 g/mol. The van der Waals surface area contributed by atoms with Gasteiger partial charge in [-0.25, -0.2) is 0 Å². The first-order valence-electron chi connectivity index (χ1n) is 8.53. The molecular formula is C20H36O. The maximum Gasteiger partial charge on any atom is 0.119 e. The molecule has 1 heteroatoms. The summed E-state index contributed by atoms with van der Waals surface area (Å²) in [5.41, 5.74) is 2.90. The van der Waals surface area contributed by atoms with Crippen molar-refractivity contribution < 1.29 is 5.11 Å². The van der Waals surface area contributed by atoms with Crippen LogP contribution in [0.15, 0.2) is 18.2 Å². The highest BCUT2D eigenvalue weighted by Gasteiger charge is 2.08. The monoisotopic (exact) mass is 292 g/mol. The molecule has 1 rings (SSSR count). The third kappa shape index (κ3) is 8.80. The Kier molecular flexibility index (Phi) is 9.41. The van der Waals surface area contributed by atoms with Gasteiger partial charge in [0.2, 0.25) is 0 Å². The standard InChI is InChI=1S/C11H16O.C9H20/c1-4-9-10(8(2)3)6-5-7-11(9)12;1-5-6-7-8-9(2,3)4/h5-8,12H,4H2,1-3H3;5-8H2,1-4H3. The van der Waals surface area contributed by atoms with Crippen LogP contribution in [-0.2, 0) is 6.42 Å². The maximum atomic E-state index is 9.54. The first-order valence-corrected chi connectivity index (χ1v) is 8.53. The first-order chi connectivity index (χ1) is 9.72. The van der Waals surface area contributed by atoms with Gasteiger partial charge in [0.05, 0.1) is 0 Å². The van der Waals surface area contributed by atoms with Crippen LogP contribution in [-0.4, -0.2) is 5.11 Å². The maximum absolute atomic E-state index is 9.54. The fourth-order valence-electron chi connectivity index (χ4n) is 2.42. The van der Waals surface area contributed by atoms with E-state index in [0.717, 1.165) is 12.0 Å².